The Hall–Kier alpha value is -1.22. The Labute approximate surface area is 115 Å². The molecular formula is C11H14NO4W-. The van der Waals surface area contributed by atoms with Crippen molar-refractivity contribution in [2.45, 2.75) is 0 Å². The normalized spacial score (nSPS) is 8.94. The summed E-state index contributed by atoms with van der Waals surface area (Å²) in [5.74, 6) is 0.991. The number of amides is 1. The van der Waals surface area contributed by atoms with Gasteiger partial charge >= 0.3 is 0 Å². The Morgan fingerprint density at radius 2 is 1.59 bits per heavy atom. The van der Waals surface area contributed by atoms with Crippen LogP contribution in [0.15, 0.2) is 12.1 Å². The van der Waals surface area contributed by atoms with Gasteiger partial charge in [0.2, 0.25) is 11.7 Å². The molecule has 0 bridgehead atoms. The van der Waals surface area contributed by atoms with Crippen LogP contribution in [0.4, 0.5) is 0 Å². The van der Waals surface area contributed by atoms with Crippen LogP contribution in [0.2, 0.25) is 0 Å². The molecule has 0 unspecified atom stereocenters. The minimum atomic E-state index is -0.320. The topological polar surface area (TPSA) is 56.8 Å². The predicted molar refractivity (Wildman–Crippen MR) is 58.9 cm³/mol. The van der Waals surface area contributed by atoms with Crippen molar-refractivity contribution in [3.05, 3.63) is 24.7 Å². The molecule has 6 heteroatoms. The number of hydrogen-bond acceptors (Lipinski definition) is 4. The van der Waals surface area contributed by atoms with E-state index < -0.39 is 0 Å². The van der Waals surface area contributed by atoms with Gasteiger partial charge in [-0.2, -0.15) is 0 Å². The maximum absolute atomic E-state index is 11.4. The summed E-state index contributed by atoms with van der Waals surface area (Å²) in [6.07, 6.45) is 0. The van der Waals surface area contributed by atoms with Gasteiger partial charge in [-0.3, -0.25) is 11.8 Å². The van der Waals surface area contributed by atoms with Crippen molar-refractivity contribution in [1.29, 1.82) is 0 Å². The summed E-state index contributed by atoms with van der Waals surface area (Å²) in [7, 11) is 7.78. The molecule has 1 amide bonds. The first kappa shape index (κ1) is 15.8. The molecule has 0 heterocycles. The number of carbonyl (C=O) groups excluding carboxylic acids is 1. The van der Waals surface area contributed by atoms with Crippen molar-refractivity contribution < 1.29 is 40.1 Å². The average Bonchev–Trinajstić information content (AvgIpc) is 2.35. The van der Waals surface area contributed by atoms with Gasteiger partial charge in [-0.15, -0.1) is 0 Å². The van der Waals surface area contributed by atoms with Crippen molar-refractivity contribution in [3.63, 3.8) is 0 Å². The van der Waals surface area contributed by atoms with Gasteiger partial charge in [0.15, 0.2) is 11.5 Å². The van der Waals surface area contributed by atoms with E-state index in [1.54, 1.807) is 12.1 Å². The summed E-state index contributed by atoms with van der Waals surface area (Å²) in [5.41, 5.74) is 0.393. The van der Waals surface area contributed by atoms with Crippen LogP contribution in [0.25, 0.3) is 0 Å². The standard InChI is InChI=1S/C11H14NO4.W/c1-12-11(13)7-5-8(14-2)10(16-4)9(6-7)15-3;/h5-6H,1H2,2-4H3,(H,12,13);/q-1;. The van der Waals surface area contributed by atoms with Gasteiger partial charge in [0.1, 0.15) is 0 Å². The van der Waals surface area contributed by atoms with Crippen LogP contribution in [-0.4, -0.2) is 27.2 Å². The van der Waals surface area contributed by atoms with Gasteiger partial charge in [0.05, 0.1) is 21.3 Å². The molecule has 0 atom stereocenters. The zero-order chi connectivity index (χ0) is 12.1. The van der Waals surface area contributed by atoms with Crippen LogP contribution in [0.5, 0.6) is 17.2 Å². The van der Waals surface area contributed by atoms with Crippen LogP contribution < -0.4 is 19.5 Å². The fourth-order valence-electron chi connectivity index (χ4n) is 1.31. The third kappa shape index (κ3) is 3.37. The van der Waals surface area contributed by atoms with Crippen molar-refractivity contribution >= 4 is 5.91 Å². The zero-order valence-corrected chi connectivity index (χ0v) is 12.8. The van der Waals surface area contributed by atoms with E-state index in [1.807, 2.05) is 0 Å². The number of carbonyl (C=O) groups is 1. The van der Waals surface area contributed by atoms with Crippen LogP contribution in [0.1, 0.15) is 10.4 Å². The molecule has 17 heavy (non-hydrogen) atoms. The molecule has 0 aliphatic heterocycles. The molecule has 0 spiro atoms. The summed E-state index contributed by atoms with van der Waals surface area (Å²) in [6.45, 7) is 0. The molecule has 0 saturated heterocycles. The summed E-state index contributed by atoms with van der Waals surface area (Å²) in [5, 5.41) is 2.28. The first-order valence-electron chi connectivity index (χ1n) is 4.55. The minimum absolute atomic E-state index is 0. The second-order valence-electron chi connectivity index (χ2n) is 2.92. The average molecular weight is 408 g/mol. The van der Waals surface area contributed by atoms with Gasteiger partial charge in [-0.1, -0.05) is 0 Å². The minimum Gasteiger partial charge on any atom is -0.504 e. The smallest absolute Gasteiger partial charge is 0.222 e. The molecule has 1 rings (SSSR count). The SMILES string of the molecule is [CH2-]NC(=O)c1cc(OC)c(OC)c(OC)c1.[W]. The van der Waals surface area contributed by atoms with Crippen molar-refractivity contribution in [2.24, 2.45) is 0 Å². The number of nitrogens with one attached hydrogen (secondary N) is 1. The van der Waals surface area contributed by atoms with E-state index in [2.05, 4.69) is 12.4 Å². The molecule has 1 N–H and O–H groups in total. The van der Waals surface area contributed by atoms with Crippen LogP contribution >= 0.6 is 0 Å². The fourth-order valence-corrected chi connectivity index (χ4v) is 1.31. The van der Waals surface area contributed by atoms with E-state index in [4.69, 9.17) is 14.2 Å². The third-order valence-corrected chi connectivity index (χ3v) is 2.09. The van der Waals surface area contributed by atoms with Gasteiger partial charge in [0.25, 0.3) is 0 Å². The number of rotatable bonds is 4. The fraction of sp³-hybridized carbons (Fsp3) is 0.273. The molecule has 0 fully saturated rings. The van der Waals surface area contributed by atoms with Crippen molar-refractivity contribution in [1.82, 2.24) is 5.32 Å². The molecule has 1 aromatic carbocycles. The number of ether oxygens (including phenoxy) is 3. The maximum atomic E-state index is 11.4. The molecule has 0 aliphatic carbocycles. The Morgan fingerprint density at radius 3 is 1.88 bits per heavy atom. The second-order valence-corrected chi connectivity index (χ2v) is 2.92. The van der Waals surface area contributed by atoms with Crippen molar-refractivity contribution in [2.75, 3.05) is 21.3 Å². The van der Waals surface area contributed by atoms with Crippen LogP contribution in [-0.2, 0) is 21.1 Å². The first-order valence-corrected chi connectivity index (χ1v) is 4.55. The van der Waals surface area contributed by atoms with Gasteiger partial charge in [-0.25, -0.2) is 0 Å². The van der Waals surface area contributed by atoms with Gasteiger partial charge in [-0.05, 0) is 12.1 Å². The van der Waals surface area contributed by atoms with E-state index >= 15 is 0 Å². The zero-order valence-electron chi connectivity index (χ0n) is 9.90. The van der Waals surface area contributed by atoms with E-state index in [-0.39, 0.29) is 27.0 Å². The van der Waals surface area contributed by atoms with Crippen LogP contribution in [0.3, 0.4) is 0 Å². The van der Waals surface area contributed by atoms with Gasteiger partial charge < -0.3 is 19.5 Å². The first-order chi connectivity index (χ1) is 7.67. The van der Waals surface area contributed by atoms with Gasteiger partial charge in [0, 0.05) is 26.6 Å². The van der Waals surface area contributed by atoms with Crippen LogP contribution in [0, 0.1) is 7.05 Å². The Kier molecular flexibility index (Phi) is 6.66. The quantitative estimate of drug-likeness (QED) is 0.762. The molecule has 94 valence electrons. The van der Waals surface area contributed by atoms with E-state index in [0.717, 1.165) is 0 Å². The molecular weight excluding hydrogens is 394 g/mol. The number of hydrogen-bond donors (Lipinski definition) is 1. The Balaban J connectivity index is 0.00000256. The molecule has 5 nitrogen and oxygen atoms in total. The molecule has 0 saturated carbocycles. The third-order valence-electron chi connectivity index (χ3n) is 2.09. The van der Waals surface area contributed by atoms with E-state index in [1.165, 1.54) is 21.3 Å². The summed E-state index contributed by atoms with van der Waals surface area (Å²) in [4.78, 5) is 11.4. The molecule has 0 aromatic heterocycles. The molecule has 0 aliphatic rings. The largest absolute Gasteiger partial charge is 0.504 e. The summed E-state index contributed by atoms with van der Waals surface area (Å²) < 4.78 is 15.3. The van der Waals surface area contributed by atoms with E-state index in [0.29, 0.717) is 22.8 Å². The molecule has 0 radical (unpaired) electrons. The Bertz CT molecular complexity index is 370. The Morgan fingerprint density at radius 1 is 1.12 bits per heavy atom. The maximum Gasteiger partial charge on any atom is 0.222 e. The number of methoxy groups -OCH3 is 3. The summed E-state index contributed by atoms with van der Waals surface area (Å²) >= 11 is 0. The predicted octanol–water partition coefficient (Wildman–Crippen LogP) is 1.23. The second kappa shape index (κ2) is 7.17. The summed E-state index contributed by atoms with van der Waals surface area (Å²) in [6, 6.07) is 3.11. The molecule has 1 aromatic rings. The van der Waals surface area contributed by atoms with E-state index in [9.17, 15) is 4.79 Å². The number of benzene rings is 1. The monoisotopic (exact) mass is 408 g/mol. The van der Waals surface area contributed by atoms with Crippen molar-refractivity contribution in [3.8, 4) is 17.2 Å².